The van der Waals surface area contributed by atoms with E-state index < -0.39 is 0 Å². The normalized spacial score (nSPS) is 10.6. The van der Waals surface area contributed by atoms with Crippen LogP contribution in [0.25, 0.3) is 17.1 Å². The maximum absolute atomic E-state index is 5.35. The van der Waals surface area contributed by atoms with E-state index in [-0.39, 0.29) is 0 Å². The molecule has 0 bridgehead atoms. The topological polar surface area (TPSA) is 49.2 Å². The first-order chi connectivity index (χ1) is 12.6. The molecule has 26 heavy (non-hydrogen) atoms. The Kier molecular flexibility index (Phi) is 5.63. The van der Waals surface area contributed by atoms with E-state index in [1.54, 1.807) is 26.0 Å². The predicted octanol–water partition coefficient (Wildman–Crippen LogP) is 4.62. The molecule has 5 nitrogen and oxygen atoms in total. The third kappa shape index (κ3) is 3.91. The highest BCUT2D eigenvalue weighted by molar-refractivity contribution is 7.99. The van der Waals surface area contributed by atoms with Gasteiger partial charge in [-0.25, -0.2) is 0 Å². The number of ether oxygens (including phenoxy) is 2. The van der Waals surface area contributed by atoms with E-state index >= 15 is 0 Å². The van der Waals surface area contributed by atoms with Crippen molar-refractivity contribution in [2.75, 3.05) is 20.0 Å². The number of rotatable bonds is 7. The van der Waals surface area contributed by atoms with E-state index in [0.717, 1.165) is 45.1 Å². The molecule has 0 atom stereocenters. The Morgan fingerprint density at radius 2 is 1.77 bits per heavy atom. The summed E-state index contributed by atoms with van der Waals surface area (Å²) < 4.78 is 12.7. The first kappa shape index (κ1) is 18.1. The molecular weight excluding hydrogens is 346 g/mol. The zero-order chi connectivity index (χ0) is 18.5. The quantitative estimate of drug-likeness (QED) is 0.450. The van der Waals surface area contributed by atoms with Crippen molar-refractivity contribution in [1.82, 2.24) is 14.8 Å². The zero-order valence-electron chi connectivity index (χ0n) is 15.1. The van der Waals surface area contributed by atoms with Gasteiger partial charge in [0.2, 0.25) is 0 Å². The Labute approximate surface area is 157 Å². The second kappa shape index (κ2) is 8.10. The lowest BCUT2D eigenvalue weighted by Gasteiger charge is -2.11. The van der Waals surface area contributed by atoms with Crippen LogP contribution in [-0.2, 0) is 0 Å². The molecule has 0 aliphatic heterocycles. The predicted molar refractivity (Wildman–Crippen MR) is 105 cm³/mol. The number of aromatic nitrogens is 3. The first-order valence-corrected chi connectivity index (χ1v) is 9.12. The summed E-state index contributed by atoms with van der Waals surface area (Å²) >= 11 is 1.61. The van der Waals surface area contributed by atoms with E-state index in [1.807, 2.05) is 60.0 Å². The third-order valence-corrected chi connectivity index (χ3v) is 4.90. The number of benzene rings is 2. The van der Waals surface area contributed by atoms with Gasteiger partial charge in [-0.1, -0.05) is 36.0 Å². The van der Waals surface area contributed by atoms with Gasteiger partial charge in [-0.05, 0) is 43.3 Å². The molecule has 1 heterocycles. The molecular formula is C20H21N3O2S. The van der Waals surface area contributed by atoms with Crippen LogP contribution in [-0.4, -0.2) is 34.7 Å². The molecule has 0 aliphatic carbocycles. The minimum atomic E-state index is 0.762. The van der Waals surface area contributed by atoms with E-state index in [0.29, 0.717) is 0 Å². The van der Waals surface area contributed by atoms with Gasteiger partial charge in [-0.2, -0.15) is 0 Å². The van der Waals surface area contributed by atoms with Crippen LogP contribution in [0.5, 0.6) is 11.5 Å². The van der Waals surface area contributed by atoms with Crippen LogP contribution in [0.4, 0.5) is 0 Å². The van der Waals surface area contributed by atoms with E-state index in [1.165, 1.54) is 0 Å². The van der Waals surface area contributed by atoms with Crippen molar-refractivity contribution >= 4 is 11.8 Å². The van der Waals surface area contributed by atoms with E-state index in [9.17, 15) is 0 Å². The number of hydrogen-bond acceptors (Lipinski definition) is 5. The molecule has 0 amide bonds. The average Bonchev–Trinajstić information content (AvgIpc) is 3.10. The van der Waals surface area contributed by atoms with Gasteiger partial charge in [0.15, 0.2) is 11.0 Å². The molecule has 6 heteroatoms. The van der Waals surface area contributed by atoms with Gasteiger partial charge in [0, 0.05) is 17.0 Å². The lowest BCUT2D eigenvalue weighted by Crippen LogP contribution is -2.00. The molecule has 0 saturated carbocycles. The van der Waals surface area contributed by atoms with Crippen molar-refractivity contribution in [2.24, 2.45) is 0 Å². The summed E-state index contributed by atoms with van der Waals surface area (Å²) in [6, 6.07) is 15.7. The summed E-state index contributed by atoms with van der Waals surface area (Å²) in [4.78, 5) is 0. The maximum Gasteiger partial charge on any atom is 0.196 e. The lowest BCUT2D eigenvalue weighted by atomic mass is 10.2. The molecule has 0 saturated heterocycles. The third-order valence-electron chi connectivity index (χ3n) is 3.74. The minimum absolute atomic E-state index is 0.762. The molecule has 134 valence electrons. The van der Waals surface area contributed by atoms with Crippen LogP contribution in [0.2, 0.25) is 0 Å². The molecule has 0 unspecified atom stereocenters. The van der Waals surface area contributed by atoms with Gasteiger partial charge < -0.3 is 9.47 Å². The Morgan fingerprint density at radius 1 is 1.04 bits per heavy atom. The van der Waals surface area contributed by atoms with Crippen LogP contribution >= 0.6 is 11.8 Å². The molecule has 0 spiro atoms. The molecule has 0 aliphatic rings. The fourth-order valence-corrected chi connectivity index (χ4v) is 3.26. The molecule has 2 aromatic carbocycles. The van der Waals surface area contributed by atoms with Crippen molar-refractivity contribution in [2.45, 2.75) is 12.1 Å². The molecule has 0 radical (unpaired) electrons. The standard InChI is InChI=1S/C20H21N3O2S/c1-14(2)13-26-20-22-21-19(15-6-5-7-18(12-15)25-4)23(20)16-8-10-17(24-3)11-9-16/h5-12H,1,13H2,2-4H3. The van der Waals surface area contributed by atoms with Crippen molar-refractivity contribution < 1.29 is 9.47 Å². The Hall–Kier alpha value is -2.73. The monoisotopic (exact) mass is 367 g/mol. The molecule has 0 N–H and O–H groups in total. The SMILES string of the molecule is C=C(C)CSc1nnc(-c2cccc(OC)c2)n1-c1ccc(OC)cc1. The molecule has 0 fully saturated rings. The second-order valence-electron chi connectivity index (χ2n) is 5.82. The molecule has 3 rings (SSSR count). The Bertz CT molecular complexity index is 904. The van der Waals surface area contributed by atoms with E-state index in [4.69, 9.17) is 9.47 Å². The van der Waals surface area contributed by atoms with Crippen molar-refractivity contribution in [3.63, 3.8) is 0 Å². The average molecular weight is 367 g/mol. The number of methoxy groups -OCH3 is 2. The fraction of sp³-hybridized carbons (Fsp3) is 0.200. The van der Waals surface area contributed by atoms with Gasteiger partial charge in [0.05, 0.1) is 14.2 Å². The second-order valence-corrected chi connectivity index (χ2v) is 6.76. The van der Waals surface area contributed by atoms with Crippen molar-refractivity contribution in [1.29, 1.82) is 0 Å². The lowest BCUT2D eigenvalue weighted by molar-refractivity contribution is 0.414. The highest BCUT2D eigenvalue weighted by atomic mass is 32.2. The Morgan fingerprint density at radius 3 is 2.42 bits per heavy atom. The largest absolute Gasteiger partial charge is 0.497 e. The van der Waals surface area contributed by atoms with E-state index in [2.05, 4.69) is 16.8 Å². The smallest absolute Gasteiger partial charge is 0.196 e. The summed E-state index contributed by atoms with van der Waals surface area (Å²) in [5, 5.41) is 9.65. The summed E-state index contributed by atoms with van der Waals surface area (Å²) in [6.45, 7) is 5.98. The number of thioether (sulfide) groups is 1. The summed E-state index contributed by atoms with van der Waals surface area (Å²) in [5.41, 5.74) is 3.00. The van der Waals surface area contributed by atoms with Gasteiger partial charge in [-0.15, -0.1) is 10.2 Å². The van der Waals surface area contributed by atoms with Crippen molar-refractivity contribution in [3.8, 4) is 28.6 Å². The molecule has 1 aromatic heterocycles. The van der Waals surface area contributed by atoms with Gasteiger partial charge in [-0.3, -0.25) is 4.57 Å². The van der Waals surface area contributed by atoms with Crippen LogP contribution in [0.3, 0.4) is 0 Å². The van der Waals surface area contributed by atoms with Gasteiger partial charge in [0.1, 0.15) is 11.5 Å². The Balaban J connectivity index is 2.09. The highest BCUT2D eigenvalue weighted by Gasteiger charge is 2.16. The number of hydrogen-bond donors (Lipinski definition) is 0. The highest BCUT2D eigenvalue weighted by Crippen LogP contribution is 2.30. The minimum Gasteiger partial charge on any atom is -0.497 e. The molecule has 3 aromatic rings. The fourth-order valence-electron chi connectivity index (χ4n) is 2.46. The zero-order valence-corrected chi connectivity index (χ0v) is 15.9. The van der Waals surface area contributed by atoms with Crippen LogP contribution in [0.1, 0.15) is 6.92 Å². The van der Waals surface area contributed by atoms with Gasteiger partial charge in [0.25, 0.3) is 0 Å². The number of nitrogens with zero attached hydrogens (tertiary/aromatic N) is 3. The van der Waals surface area contributed by atoms with Crippen LogP contribution in [0.15, 0.2) is 65.8 Å². The summed E-state index contributed by atoms with van der Waals surface area (Å²) in [5.74, 6) is 3.13. The maximum atomic E-state index is 5.35. The van der Waals surface area contributed by atoms with Gasteiger partial charge >= 0.3 is 0 Å². The van der Waals surface area contributed by atoms with Crippen LogP contribution < -0.4 is 9.47 Å². The van der Waals surface area contributed by atoms with Crippen molar-refractivity contribution in [3.05, 3.63) is 60.7 Å². The summed E-state index contributed by atoms with van der Waals surface area (Å²) in [7, 11) is 3.31. The first-order valence-electron chi connectivity index (χ1n) is 8.14. The van der Waals surface area contributed by atoms with Crippen LogP contribution in [0, 0.1) is 0 Å². The summed E-state index contributed by atoms with van der Waals surface area (Å²) in [6.07, 6.45) is 0.